The average Bonchev–Trinajstić information content (AvgIpc) is 3.05. The highest BCUT2D eigenvalue weighted by molar-refractivity contribution is 5.57. The Morgan fingerprint density at radius 3 is 2.74 bits per heavy atom. The Labute approximate surface area is 140 Å². The second kappa shape index (κ2) is 7.23. The van der Waals surface area contributed by atoms with Crippen LogP contribution < -0.4 is 10.6 Å². The van der Waals surface area contributed by atoms with E-state index in [1.54, 1.807) is 5.56 Å². The molecule has 3 heteroatoms. The quantitative estimate of drug-likeness (QED) is 0.891. The molecule has 0 aliphatic carbocycles. The predicted molar refractivity (Wildman–Crippen MR) is 97.1 cm³/mol. The molecule has 126 valence electrons. The van der Waals surface area contributed by atoms with Gasteiger partial charge < -0.3 is 15.5 Å². The summed E-state index contributed by atoms with van der Waals surface area (Å²) in [5.41, 5.74) is 2.95. The first-order chi connectivity index (χ1) is 11.4. The highest BCUT2D eigenvalue weighted by atomic mass is 15.1. The molecule has 0 saturated carbocycles. The number of para-hydroxylation sites is 1. The molecular formula is C20H31N3. The van der Waals surface area contributed by atoms with Crippen LogP contribution in [0.2, 0.25) is 0 Å². The summed E-state index contributed by atoms with van der Waals surface area (Å²) in [6, 6.07) is 9.71. The van der Waals surface area contributed by atoms with Crippen molar-refractivity contribution in [2.75, 3.05) is 38.0 Å². The van der Waals surface area contributed by atoms with Gasteiger partial charge in [0.2, 0.25) is 0 Å². The average molecular weight is 313 g/mol. The van der Waals surface area contributed by atoms with Gasteiger partial charge in [-0.05, 0) is 75.8 Å². The highest BCUT2D eigenvalue weighted by Crippen LogP contribution is 2.40. The number of nitrogens with zero attached hydrogens (tertiary/aromatic N) is 1. The summed E-state index contributed by atoms with van der Waals surface area (Å²) in [7, 11) is 0. The zero-order valence-electron chi connectivity index (χ0n) is 14.3. The van der Waals surface area contributed by atoms with Gasteiger partial charge in [-0.1, -0.05) is 24.6 Å². The van der Waals surface area contributed by atoms with Gasteiger partial charge in [0.25, 0.3) is 0 Å². The fraction of sp³-hybridized carbons (Fsp3) is 0.700. The van der Waals surface area contributed by atoms with Crippen LogP contribution in [0.3, 0.4) is 0 Å². The summed E-state index contributed by atoms with van der Waals surface area (Å²) in [6.45, 7) is 6.28. The third-order valence-corrected chi connectivity index (χ3v) is 6.28. The number of benzene rings is 1. The maximum Gasteiger partial charge on any atom is 0.0376 e. The second-order valence-electron chi connectivity index (χ2n) is 7.69. The molecule has 3 nitrogen and oxygen atoms in total. The number of hydrogen-bond acceptors (Lipinski definition) is 3. The molecule has 23 heavy (non-hydrogen) atoms. The first-order valence-corrected chi connectivity index (χ1v) is 9.69. The Kier molecular flexibility index (Phi) is 4.86. The lowest BCUT2D eigenvalue weighted by Crippen LogP contribution is -2.40. The van der Waals surface area contributed by atoms with Crippen LogP contribution in [-0.2, 0) is 0 Å². The first kappa shape index (κ1) is 15.5. The molecule has 2 N–H and O–H groups in total. The van der Waals surface area contributed by atoms with Crippen molar-refractivity contribution in [1.82, 2.24) is 10.2 Å². The highest BCUT2D eigenvalue weighted by Gasteiger charge is 2.32. The molecule has 1 unspecified atom stereocenters. The molecule has 3 aliphatic heterocycles. The Morgan fingerprint density at radius 2 is 1.91 bits per heavy atom. The standard InChI is InChI=1S/C20H31N3/c1-2-7-20-18(6-1)19(15-22-20)16-8-12-23(13-9-16)14-10-17-5-3-4-11-21-17/h1-2,6-7,16-17,19,21-22H,3-5,8-15H2/t17-,19?/m0/s1. The molecule has 0 radical (unpaired) electrons. The van der Waals surface area contributed by atoms with Crippen LogP contribution in [0.4, 0.5) is 5.69 Å². The van der Waals surface area contributed by atoms with Crippen LogP contribution in [0.1, 0.15) is 50.0 Å². The molecule has 2 fully saturated rings. The monoisotopic (exact) mass is 313 g/mol. The summed E-state index contributed by atoms with van der Waals surface area (Å²) in [5, 5.41) is 7.29. The number of nitrogens with one attached hydrogen (secondary N) is 2. The minimum atomic E-state index is 0.744. The summed E-state index contributed by atoms with van der Waals surface area (Å²) in [6.07, 6.45) is 8.28. The zero-order chi connectivity index (χ0) is 15.5. The van der Waals surface area contributed by atoms with E-state index < -0.39 is 0 Å². The Bertz CT molecular complexity index is 501. The van der Waals surface area contributed by atoms with E-state index >= 15 is 0 Å². The van der Waals surface area contributed by atoms with Gasteiger partial charge in [-0.15, -0.1) is 0 Å². The third-order valence-electron chi connectivity index (χ3n) is 6.28. The van der Waals surface area contributed by atoms with E-state index in [-0.39, 0.29) is 0 Å². The van der Waals surface area contributed by atoms with Crippen molar-refractivity contribution in [3.63, 3.8) is 0 Å². The number of likely N-dealkylation sites (tertiary alicyclic amines) is 1. The van der Waals surface area contributed by atoms with E-state index in [2.05, 4.69) is 39.8 Å². The van der Waals surface area contributed by atoms with E-state index in [1.807, 2.05) is 0 Å². The first-order valence-electron chi connectivity index (χ1n) is 9.69. The van der Waals surface area contributed by atoms with E-state index in [0.29, 0.717) is 0 Å². The third kappa shape index (κ3) is 3.56. The number of piperidine rings is 2. The van der Waals surface area contributed by atoms with Gasteiger partial charge in [0.05, 0.1) is 0 Å². The number of anilines is 1. The SMILES string of the molecule is c1ccc2c(c1)NCC2C1CCN(CC[C@@H]2CCCCN2)CC1. The van der Waals surface area contributed by atoms with Gasteiger partial charge in [0.15, 0.2) is 0 Å². The van der Waals surface area contributed by atoms with Crippen molar-refractivity contribution < 1.29 is 0 Å². The largest absolute Gasteiger partial charge is 0.384 e. The Balaban J connectivity index is 1.25. The van der Waals surface area contributed by atoms with Crippen molar-refractivity contribution in [2.45, 2.75) is 50.5 Å². The van der Waals surface area contributed by atoms with Crippen LogP contribution in [0.5, 0.6) is 0 Å². The molecule has 1 aromatic rings. The Morgan fingerprint density at radius 1 is 1.04 bits per heavy atom. The molecule has 0 spiro atoms. The lowest BCUT2D eigenvalue weighted by Gasteiger charge is -2.36. The van der Waals surface area contributed by atoms with Gasteiger partial charge in [-0.25, -0.2) is 0 Å². The second-order valence-corrected chi connectivity index (χ2v) is 7.69. The van der Waals surface area contributed by atoms with E-state index in [1.165, 1.54) is 70.4 Å². The van der Waals surface area contributed by atoms with Crippen molar-refractivity contribution in [3.05, 3.63) is 29.8 Å². The lowest BCUT2D eigenvalue weighted by atomic mass is 9.81. The number of fused-ring (bicyclic) bond motifs is 1. The summed E-state index contributed by atoms with van der Waals surface area (Å²) in [4.78, 5) is 2.71. The van der Waals surface area contributed by atoms with Crippen molar-refractivity contribution >= 4 is 5.69 Å². The van der Waals surface area contributed by atoms with Crippen molar-refractivity contribution in [2.24, 2.45) is 5.92 Å². The van der Waals surface area contributed by atoms with E-state index in [0.717, 1.165) is 24.4 Å². The van der Waals surface area contributed by atoms with Gasteiger partial charge >= 0.3 is 0 Å². The summed E-state index contributed by atoms with van der Waals surface area (Å²) < 4.78 is 0. The van der Waals surface area contributed by atoms with Crippen LogP contribution in [-0.4, -0.2) is 43.7 Å². The predicted octanol–water partition coefficient (Wildman–Crippen LogP) is 3.44. The minimum absolute atomic E-state index is 0.744. The molecule has 2 saturated heterocycles. The molecule has 0 amide bonds. The zero-order valence-corrected chi connectivity index (χ0v) is 14.3. The smallest absolute Gasteiger partial charge is 0.0376 e. The minimum Gasteiger partial charge on any atom is -0.384 e. The van der Waals surface area contributed by atoms with Gasteiger partial charge in [-0.3, -0.25) is 0 Å². The van der Waals surface area contributed by atoms with Crippen LogP contribution in [0, 0.1) is 5.92 Å². The van der Waals surface area contributed by atoms with Gasteiger partial charge in [0.1, 0.15) is 0 Å². The molecule has 0 bridgehead atoms. The normalized spacial score (nSPS) is 29.2. The molecular weight excluding hydrogens is 282 g/mol. The van der Waals surface area contributed by atoms with Crippen LogP contribution in [0.15, 0.2) is 24.3 Å². The maximum atomic E-state index is 3.69. The number of hydrogen-bond donors (Lipinski definition) is 2. The maximum absolute atomic E-state index is 3.69. The molecule has 3 heterocycles. The van der Waals surface area contributed by atoms with Crippen LogP contribution in [0.25, 0.3) is 0 Å². The van der Waals surface area contributed by atoms with Crippen molar-refractivity contribution in [1.29, 1.82) is 0 Å². The van der Waals surface area contributed by atoms with Crippen LogP contribution >= 0.6 is 0 Å². The van der Waals surface area contributed by atoms with E-state index in [4.69, 9.17) is 0 Å². The fourth-order valence-electron chi connectivity index (χ4n) is 4.82. The molecule has 0 aromatic heterocycles. The van der Waals surface area contributed by atoms with E-state index in [9.17, 15) is 0 Å². The number of rotatable bonds is 4. The lowest BCUT2D eigenvalue weighted by molar-refractivity contribution is 0.162. The molecule has 3 aliphatic rings. The fourth-order valence-corrected chi connectivity index (χ4v) is 4.82. The van der Waals surface area contributed by atoms with Gasteiger partial charge in [-0.2, -0.15) is 0 Å². The summed E-state index contributed by atoms with van der Waals surface area (Å²) in [5.74, 6) is 1.61. The molecule has 4 rings (SSSR count). The van der Waals surface area contributed by atoms with Crippen molar-refractivity contribution in [3.8, 4) is 0 Å². The van der Waals surface area contributed by atoms with Gasteiger partial charge in [0, 0.05) is 24.2 Å². The molecule has 1 aromatic carbocycles. The topological polar surface area (TPSA) is 27.3 Å². The summed E-state index contributed by atoms with van der Waals surface area (Å²) >= 11 is 0. The molecule has 2 atom stereocenters. The Hall–Kier alpha value is -1.06.